The van der Waals surface area contributed by atoms with Crippen LogP contribution in [0.1, 0.15) is 39.8 Å². The zero-order valence-corrected chi connectivity index (χ0v) is 26.1. The lowest BCUT2D eigenvalue weighted by Crippen LogP contribution is -2.67. The third kappa shape index (κ3) is 4.94. The summed E-state index contributed by atoms with van der Waals surface area (Å²) in [6, 6.07) is 32.4. The number of nitrogens with one attached hydrogen (secondary N) is 2. The largest absolute Gasteiger partial charge is 0.497 e. The van der Waals surface area contributed by atoms with E-state index in [9.17, 15) is 14.4 Å². The van der Waals surface area contributed by atoms with Crippen molar-refractivity contribution in [3.63, 3.8) is 0 Å². The number of nitrogens with two attached hydrogens (primary N) is 1. The summed E-state index contributed by atoms with van der Waals surface area (Å²) in [5.74, 6) is -2.03. The Kier molecular flexibility index (Phi) is 7.68. The fourth-order valence-corrected chi connectivity index (χ4v) is 6.99. The van der Waals surface area contributed by atoms with Crippen LogP contribution in [0.15, 0.2) is 109 Å². The number of rotatable bonds is 6. The first kappa shape index (κ1) is 30.4. The minimum Gasteiger partial charge on any atom is -0.497 e. The first-order valence-electron chi connectivity index (χ1n) is 15.3. The third-order valence-electron chi connectivity index (χ3n) is 9.02. The Bertz CT molecular complexity index is 2040. The fourth-order valence-electron chi connectivity index (χ4n) is 6.99. The normalized spacial score (nSPS) is 19.0. The lowest BCUT2D eigenvalue weighted by Gasteiger charge is -2.50. The van der Waals surface area contributed by atoms with Crippen molar-refractivity contribution in [2.45, 2.75) is 11.8 Å². The lowest BCUT2D eigenvalue weighted by atomic mass is 9.52. The van der Waals surface area contributed by atoms with Gasteiger partial charge in [-0.15, -0.1) is 0 Å². The first-order chi connectivity index (χ1) is 23.3. The summed E-state index contributed by atoms with van der Waals surface area (Å²) in [7, 11) is 3.17. The molecule has 10 heteroatoms. The number of hydrogen-bond acceptors (Lipinski definition) is 8. The van der Waals surface area contributed by atoms with Crippen LogP contribution in [0.2, 0.25) is 0 Å². The number of amides is 4. The van der Waals surface area contributed by atoms with Crippen molar-refractivity contribution < 1.29 is 23.9 Å². The molecular weight excluding hydrogens is 606 g/mol. The number of ether oxygens (including phenoxy) is 2. The molecule has 4 aromatic carbocycles. The molecule has 0 saturated carbocycles. The predicted molar refractivity (Wildman–Crippen MR) is 181 cm³/mol. The quantitative estimate of drug-likeness (QED) is 0.205. The van der Waals surface area contributed by atoms with Gasteiger partial charge in [-0.05, 0) is 64.7 Å². The summed E-state index contributed by atoms with van der Waals surface area (Å²) in [5, 5.41) is 4.90. The highest BCUT2D eigenvalue weighted by Gasteiger charge is 2.65. The maximum Gasteiger partial charge on any atom is 0.328 e. The van der Waals surface area contributed by atoms with Crippen molar-refractivity contribution in [2.24, 2.45) is 5.41 Å². The number of imide groups is 2. The van der Waals surface area contributed by atoms with Crippen LogP contribution < -0.4 is 25.8 Å². The molecule has 10 nitrogen and oxygen atoms in total. The molecule has 1 aliphatic heterocycles. The lowest BCUT2D eigenvalue weighted by molar-refractivity contribution is -0.146. The number of urea groups is 1. The van der Waals surface area contributed by atoms with Crippen LogP contribution in [0.4, 0.5) is 10.7 Å². The molecule has 2 unspecified atom stereocenters. The van der Waals surface area contributed by atoms with Gasteiger partial charge < -0.3 is 15.2 Å². The summed E-state index contributed by atoms with van der Waals surface area (Å²) in [5.41, 5.74) is 9.34. The van der Waals surface area contributed by atoms with E-state index >= 15 is 0 Å². The number of barbiturate groups is 1. The molecule has 0 bridgehead atoms. The standard InChI is InChI=1S/C38H31N5O5/c1-47-26-17-13-22(14-18-26)21-28-30(23-9-5-3-6-10-23)38(34(44)42-37(46)43-35(38)45)31(24-11-7-4-8-12-24)29-32(40-36(39)41-33(28)29)25-15-19-27(48-2)20-16-25/h3-21,30-31H,1-2H3,(H2,39,40,41)(H2,42,43,44,45,46)/b28-21-. The van der Waals surface area contributed by atoms with E-state index in [-0.39, 0.29) is 5.95 Å². The summed E-state index contributed by atoms with van der Waals surface area (Å²) < 4.78 is 10.8. The molecule has 2 heterocycles. The minimum absolute atomic E-state index is 0.0162. The van der Waals surface area contributed by atoms with E-state index in [1.807, 2.05) is 103 Å². The van der Waals surface area contributed by atoms with E-state index in [0.29, 0.717) is 50.7 Å². The molecule has 4 amide bonds. The SMILES string of the molecule is COc1ccc(/C=C2\c3nc(N)nc(-c4ccc(OC)cc4)c3C(c3ccccc3)C3(C(=O)NC(=O)NC3=O)C2c2ccccc2)cc1. The molecule has 1 fully saturated rings. The first-order valence-corrected chi connectivity index (χ1v) is 15.3. The van der Waals surface area contributed by atoms with E-state index < -0.39 is 35.1 Å². The molecule has 1 saturated heterocycles. The van der Waals surface area contributed by atoms with Gasteiger partial charge in [0.05, 0.1) is 25.6 Å². The van der Waals surface area contributed by atoms with Crippen molar-refractivity contribution >= 4 is 35.4 Å². The Labute approximate surface area is 276 Å². The maximum absolute atomic E-state index is 14.7. The Morgan fingerprint density at radius 1 is 0.667 bits per heavy atom. The number of nitrogens with zero attached hydrogens (tertiary/aromatic N) is 2. The molecule has 7 rings (SSSR count). The van der Waals surface area contributed by atoms with Crippen molar-refractivity contribution in [1.82, 2.24) is 20.6 Å². The van der Waals surface area contributed by atoms with E-state index in [1.165, 1.54) is 0 Å². The van der Waals surface area contributed by atoms with Crippen LogP contribution in [0.3, 0.4) is 0 Å². The molecule has 0 radical (unpaired) electrons. The van der Waals surface area contributed by atoms with Crippen molar-refractivity contribution in [3.05, 3.63) is 137 Å². The molecule has 2 aliphatic rings. The smallest absolute Gasteiger partial charge is 0.328 e. The van der Waals surface area contributed by atoms with E-state index in [0.717, 1.165) is 5.56 Å². The number of carbonyl (C=O) groups is 3. The number of allylic oxidation sites excluding steroid dienone is 1. The zero-order valence-electron chi connectivity index (χ0n) is 26.1. The molecule has 4 N–H and O–H groups in total. The molecule has 1 aliphatic carbocycles. The molecule has 2 atom stereocenters. The van der Waals surface area contributed by atoms with E-state index in [2.05, 4.69) is 10.6 Å². The summed E-state index contributed by atoms with van der Waals surface area (Å²) in [6.07, 6.45) is 1.90. The second-order valence-corrected chi connectivity index (χ2v) is 11.6. The third-order valence-corrected chi connectivity index (χ3v) is 9.02. The van der Waals surface area contributed by atoms with Gasteiger partial charge in [0, 0.05) is 23.0 Å². The van der Waals surface area contributed by atoms with Crippen LogP contribution in [-0.4, -0.2) is 42.0 Å². The number of methoxy groups -OCH3 is 2. The van der Waals surface area contributed by atoms with Crippen molar-refractivity contribution in [2.75, 3.05) is 20.0 Å². The van der Waals surface area contributed by atoms with Gasteiger partial charge in [0.15, 0.2) is 5.41 Å². The predicted octanol–water partition coefficient (Wildman–Crippen LogP) is 5.57. The van der Waals surface area contributed by atoms with Gasteiger partial charge in [-0.25, -0.2) is 14.8 Å². The Morgan fingerprint density at radius 2 is 1.17 bits per heavy atom. The number of hydrogen-bond donors (Lipinski definition) is 3. The minimum atomic E-state index is -1.91. The molecule has 48 heavy (non-hydrogen) atoms. The summed E-state index contributed by atoms with van der Waals surface area (Å²) >= 11 is 0. The van der Waals surface area contributed by atoms with Crippen LogP contribution in [0.25, 0.3) is 22.9 Å². The second kappa shape index (κ2) is 12.1. The topological polar surface area (TPSA) is 146 Å². The highest BCUT2D eigenvalue weighted by atomic mass is 16.5. The van der Waals surface area contributed by atoms with Gasteiger partial charge in [-0.3, -0.25) is 20.2 Å². The number of nitrogen functional groups attached to an aromatic ring is 1. The summed E-state index contributed by atoms with van der Waals surface area (Å²) in [4.78, 5) is 51.8. The molecular formula is C38H31N5O5. The van der Waals surface area contributed by atoms with Crippen LogP contribution in [0, 0.1) is 5.41 Å². The molecule has 1 spiro atoms. The Morgan fingerprint density at radius 3 is 1.71 bits per heavy atom. The Balaban J connectivity index is 1.66. The molecule has 1 aromatic heterocycles. The van der Waals surface area contributed by atoms with Crippen LogP contribution in [-0.2, 0) is 9.59 Å². The number of benzene rings is 4. The monoisotopic (exact) mass is 637 g/mol. The van der Waals surface area contributed by atoms with E-state index in [1.54, 1.807) is 26.4 Å². The average molecular weight is 638 g/mol. The summed E-state index contributed by atoms with van der Waals surface area (Å²) in [6.45, 7) is 0. The maximum atomic E-state index is 14.7. The van der Waals surface area contributed by atoms with E-state index in [4.69, 9.17) is 25.2 Å². The number of carbonyl (C=O) groups excluding carboxylic acids is 3. The van der Waals surface area contributed by atoms with Crippen molar-refractivity contribution in [3.8, 4) is 22.8 Å². The number of anilines is 1. The number of fused-ring (bicyclic) bond motifs is 1. The fraction of sp³-hybridized carbons (Fsp3) is 0.132. The van der Waals surface area contributed by atoms with Gasteiger partial charge in [0.1, 0.15) is 11.5 Å². The van der Waals surface area contributed by atoms with Gasteiger partial charge in [-0.1, -0.05) is 72.8 Å². The molecule has 5 aromatic rings. The highest BCUT2D eigenvalue weighted by molar-refractivity contribution is 6.23. The van der Waals surface area contributed by atoms with Gasteiger partial charge >= 0.3 is 6.03 Å². The van der Waals surface area contributed by atoms with Gasteiger partial charge in [0.25, 0.3) is 0 Å². The average Bonchev–Trinajstić information content (AvgIpc) is 3.11. The van der Waals surface area contributed by atoms with Crippen LogP contribution in [0.5, 0.6) is 11.5 Å². The van der Waals surface area contributed by atoms with Gasteiger partial charge in [-0.2, -0.15) is 0 Å². The highest BCUT2D eigenvalue weighted by Crippen LogP contribution is 2.62. The van der Waals surface area contributed by atoms with Gasteiger partial charge in [0.2, 0.25) is 17.8 Å². The van der Waals surface area contributed by atoms with Crippen molar-refractivity contribution in [1.29, 1.82) is 0 Å². The number of aromatic nitrogens is 2. The zero-order chi connectivity index (χ0) is 33.4. The molecule has 238 valence electrons. The Hall–Kier alpha value is -6.29. The van der Waals surface area contributed by atoms with Crippen LogP contribution >= 0.6 is 0 Å². The second-order valence-electron chi connectivity index (χ2n) is 11.6.